The van der Waals surface area contributed by atoms with E-state index in [-0.39, 0.29) is 11.3 Å². The van der Waals surface area contributed by atoms with Gasteiger partial charge in [0.1, 0.15) is 17.5 Å². The first-order valence-electron chi connectivity index (χ1n) is 4.08. The number of esters is 1. The van der Waals surface area contributed by atoms with E-state index in [0.29, 0.717) is 0 Å². The standard InChI is InChI=1S/C9H7F2N3O2/c1-16-9(15)5-2-4(3-12)14-7(6(5)13)8(10)11/h2,8H,13H2,1H3. The molecule has 0 aliphatic rings. The highest BCUT2D eigenvalue weighted by molar-refractivity contribution is 5.95. The molecule has 1 aromatic rings. The SMILES string of the molecule is COC(=O)c1cc(C#N)nc(C(F)F)c1N. The van der Waals surface area contributed by atoms with Gasteiger partial charge >= 0.3 is 5.97 Å². The van der Waals surface area contributed by atoms with Crippen LogP contribution in [0, 0.1) is 11.3 Å². The zero-order valence-corrected chi connectivity index (χ0v) is 8.20. The van der Waals surface area contributed by atoms with Crippen molar-refractivity contribution in [1.82, 2.24) is 4.98 Å². The molecule has 1 rings (SSSR count). The Labute approximate surface area is 89.4 Å². The summed E-state index contributed by atoms with van der Waals surface area (Å²) in [4.78, 5) is 14.5. The molecule has 0 unspecified atom stereocenters. The van der Waals surface area contributed by atoms with Crippen LogP contribution in [0.3, 0.4) is 0 Å². The van der Waals surface area contributed by atoms with Gasteiger partial charge in [-0.05, 0) is 6.07 Å². The number of nitrogens with two attached hydrogens (primary N) is 1. The second-order valence-corrected chi connectivity index (χ2v) is 2.76. The zero-order chi connectivity index (χ0) is 12.3. The number of anilines is 1. The van der Waals surface area contributed by atoms with E-state index in [1.165, 1.54) is 0 Å². The van der Waals surface area contributed by atoms with Crippen molar-refractivity contribution in [3.05, 3.63) is 23.0 Å². The molecule has 0 bridgehead atoms. The molecule has 5 nitrogen and oxygen atoms in total. The Morgan fingerprint density at radius 1 is 1.69 bits per heavy atom. The summed E-state index contributed by atoms with van der Waals surface area (Å²) in [5, 5.41) is 8.56. The summed E-state index contributed by atoms with van der Waals surface area (Å²) in [5.74, 6) is -0.890. The number of pyridine rings is 1. The quantitative estimate of drug-likeness (QED) is 0.768. The maximum Gasteiger partial charge on any atom is 0.340 e. The molecule has 2 N–H and O–H groups in total. The number of nitriles is 1. The van der Waals surface area contributed by atoms with Gasteiger partial charge in [0.05, 0.1) is 18.4 Å². The third-order valence-corrected chi connectivity index (χ3v) is 1.81. The molecule has 0 atom stereocenters. The van der Waals surface area contributed by atoms with Crippen LogP contribution < -0.4 is 5.73 Å². The normalized spacial score (nSPS) is 9.94. The van der Waals surface area contributed by atoms with Gasteiger partial charge < -0.3 is 10.5 Å². The molecule has 0 amide bonds. The van der Waals surface area contributed by atoms with Gasteiger partial charge in [0.25, 0.3) is 6.43 Å². The number of rotatable bonds is 2. The molecule has 0 saturated heterocycles. The van der Waals surface area contributed by atoms with Crippen molar-refractivity contribution in [2.45, 2.75) is 6.43 Å². The number of hydrogen-bond acceptors (Lipinski definition) is 5. The van der Waals surface area contributed by atoms with Crippen LogP contribution in [0.25, 0.3) is 0 Å². The number of hydrogen-bond donors (Lipinski definition) is 1. The Hall–Kier alpha value is -2.23. The Bertz CT molecular complexity index is 469. The number of nitrogens with zero attached hydrogens (tertiary/aromatic N) is 2. The van der Waals surface area contributed by atoms with E-state index < -0.39 is 23.8 Å². The molecule has 84 valence electrons. The number of carbonyl (C=O) groups excluding carboxylic acids is 1. The number of carbonyl (C=O) groups is 1. The lowest BCUT2D eigenvalue weighted by Crippen LogP contribution is -2.11. The van der Waals surface area contributed by atoms with E-state index >= 15 is 0 Å². The zero-order valence-electron chi connectivity index (χ0n) is 8.20. The maximum atomic E-state index is 12.5. The molecule has 0 spiro atoms. The fourth-order valence-electron chi connectivity index (χ4n) is 1.08. The van der Waals surface area contributed by atoms with E-state index in [2.05, 4.69) is 9.72 Å². The third-order valence-electron chi connectivity index (χ3n) is 1.81. The molecular formula is C9H7F2N3O2. The largest absolute Gasteiger partial charge is 0.465 e. The predicted molar refractivity (Wildman–Crippen MR) is 49.7 cm³/mol. The molecule has 0 fully saturated rings. The fraction of sp³-hybridized carbons (Fsp3) is 0.222. The summed E-state index contributed by atoms with van der Waals surface area (Å²) in [5.41, 5.74) is 3.47. The Morgan fingerprint density at radius 3 is 2.75 bits per heavy atom. The van der Waals surface area contributed by atoms with Gasteiger partial charge in [-0.1, -0.05) is 0 Å². The van der Waals surface area contributed by atoms with Crippen LogP contribution >= 0.6 is 0 Å². The average molecular weight is 227 g/mol. The molecule has 0 radical (unpaired) electrons. The van der Waals surface area contributed by atoms with E-state index in [1.54, 1.807) is 6.07 Å². The van der Waals surface area contributed by atoms with E-state index in [9.17, 15) is 13.6 Å². The number of halogens is 2. The van der Waals surface area contributed by atoms with Crippen LogP contribution in [-0.4, -0.2) is 18.1 Å². The van der Waals surface area contributed by atoms with Crippen molar-refractivity contribution in [3.8, 4) is 6.07 Å². The summed E-state index contributed by atoms with van der Waals surface area (Å²) >= 11 is 0. The lowest BCUT2D eigenvalue weighted by Gasteiger charge is -2.08. The lowest BCUT2D eigenvalue weighted by atomic mass is 10.1. The molecule has 0 saturated carbocycles. The van der Waals surface area contributed by atoms with Crippen LogP contribution in [0.2, 0.25) is 0 Å². The van der Waals surface area contributed by atoms with Gasteiger partial charge in [-0.15, -0.1) is 0 Å². The van der Waals surface area contributed by atoms with Gasteiger partial charge in [0, 0.05) is 0 Å². The van der Waals surface area contributed by atoms with Crippen LogP contribution in [0.5, 0.6) is 0 Å². The monoisotopic (exact) mass is 227 g/mol. The number of nitrogen functional groups attached to an aromatic ring is 1. The second-order valence-electron chi connectivity index (χ2n) is 2.76. The van der Waals surface area contributed by atoms with Crippen molar-refractivity contribution in [2.75, 3.05) is 12.8 Å². The highest BCUT2D eigenvalue weighted by Crippen LogP contribution is 2.26. The number of ether oxygens (including phenoxy) is 1. The molecule has 7 heteroatoms. The van der Waals surface area contributed by atoms with E-state index in [4.69, 9.17) is 11.0 Å². The Kier molecular flexibility index (Phi) is 3.35. The van der Waals surface area contributed by atoms with Crippen molar-refractivity contribution < 1.29 is 18.3 Å². The first-order chi connectivity index (χ1) is 7.51. The van der Waals surface area contributed by atoms with Gasteiger partial charge in [0.2, 0.25) is 0 Å². The lowest BCUT2D eigenvalue weighted by molar-refractivity contribution is 0.0601. The van der Waals surface area contributed by atoms with Gasteiger partial charge in [-0.3, -0.25) is 0 Å². The van der Waals surface area contributed by atoms with Gasteiger partial charge in [-0.2, -0.15) is 5.26 Å². The van der Waals surface area contributed by atoms with Crippen LogP contribution in [0.4, 0.5) is 14.5 Å². The van der Waals surface area contributed by atoms with E-state index in [0.717, 1.165) is 13.2 Å². The first-order valence-corrected chi connectivity index (χ1v) is 4.08. The molecule has 0 aromatic carbocycles. The van der Waals surface area contributed by atoms with Crippen LogP contribution in [0.15, 0.2) is 6.07 Å². The summed E-state index contributed by atoms with van der Waals surface area (Å²) in [6, 6.07) is 2.57. The molecular weight excluding hydrogens is 220 g/mol. The summed E-state index contributed by atoms with van der Waals surface area (Å²) in [6.45, 7) is 0. The minimum Gasteiger partial charge on any atom is -0.465 e. The summed E-state index contributed by atoms with van der Waals surface area (Å²) in [7, 11) is 1.08. The first kappa shape index (κ1) is 11.8. The Balaban J connectivity index is 3.44. The minimum atomic E-state index is -2.96. The minimum absolute atomic E-state index is 0.288. The molecule has 0 aliphatic heterocycles. The second kappa shape index (κ2) is 4.53. The highest BCUT2D eigenvalue weighted by Gasteiger charge is 2.21. The molecule has 1 aromatic heterocycles. The number of aromatic nitrogens is 1. The van der Waals surface area contributed by atoms with Crippen molar-refractivity contribution in [1.29, 1.82) is 5.26 Å². The average Bonchev–Trinajstić information content (AvgIpc) is 2.28. The topological polar surface area (TPSA) is 89.0 Å². The number of alkyl halides is 2. The highest BCUT2D eigenvalue weighted by atomic mass is 19.3. The van der Waals surface area contributed by atoms with Gasteiger partial charge in [0.15, 0.2) is 0 Å². The molecule has 0 aliphatic carbocycles. The molecule has 1 heterocycles. The Morgan fingerprint density at radius 2 is 2.31 bits per heavy atom. The van der Waals surface area contributed by atoms with Crippen molar-refractivity contribution >= 4 is 11.7 Å². The summed E-state index contributed by atoms with van der Waals surface area (Å²) < 4.78 is 29.3. The molecule has 16 heavy (non-hydrogen) atoms. The third kappa shape index (κ3) is 2.06. The van der Waals surface area contributed by atoms with Crippen molar-refractivity contribution in [3.63, 3.8) is 0 Å². The van der Waals surface area contributed by atoms with Gasteiger partial charge in [-0.25, -0.2) is 18.6 Å². The smallest absolute Gasteiger partial charge is 0.340 e. The maximum absolute atomic E-state index is 12.5. The van der Waals surface area contributed by atoms with Crippen LogP contribution in [0.1, 0.15) is 28.2 Å². The fourth-order valence-corrected chi connectivity index (χ4v) is 1.08. The predicted octanol–water partition coefficient (Wildman–Crippen LogP) is 1.26. The van der Waals surface area contributed by atoms with Crippen molar-refractivity contribution in [2.24, 2.45) is 0 Å². The number of methoxy groups -OCH3 is 1. The van der Waals surface area contributed by atoms with Crippen LogP contribution in [-0.2, 0) is 4.74 Å². The van der Waals surface area contributed by atoms with E-state index in [1.807, 2.05) is 0 Å². The summed E-state index contributed by atoms with van der Waals surface area (Å²) in [6.07, 6.45) is -2.96.